The van der Waals surface area contributed by atoms with Crippen molar-refractivity contribution in [3.05, 3.63) is 11.6 Å². The molecule has 0 heterocycles. The van der Waals surface area contributed by atoms with Crippen LogP contribution in [0.4, 0.5) is 0 Å². The number of hydrogen-bond acceptors (Lipinski definition) is 4. The first-order valence-electron chi connectivity index (χ1n) is 12.1. The normalized spacial score (nSPS) is 17.7. The first-order valence-corrected chi connectivity index (χ1v) is 18.8. The first-order chi connectivity index (χ1) is 13.9. The van der Waals surface area contributed by atoms with Crippen LogP contribution in [-0.2, 0) is 13.6 Å². The standard InChI is InChI=1S/C26H54O3SSi2/c1-19(18-28-31(13,14)25(7,8)9)17-20(2)22(30-24(4,5)6)21(3)23(27)29-32(15,16)26(10,11)12/h17,19,21-22H,18H2,1-16H3/b20-17+/t19-,21+,22+/m0/s1. The largest absolute Gasteiger partial charge is 0.519 e. The topological polar surface area (TPSA) is 35.5 Å². The van der Waals surface area contributed by atoms with Crippen molar-refractivity contribution in [3.63, 3.8) is 0 Å². The molecule has 0 aromatic heterocycles. The molecule has 0 aromatic carbocycles. The zero-order chi connectivity index (χ0) is 25.9. The highest BCUT2D eigenvalue weighted by Gasteiger charge is 2.42. The van der Waals surface area contributed by atoms with Gasteiger partial charge in [0.25, 0.3) is 14.3 Å². The highest BCUT2D eigenvalue weighted by molar-refractivity contribution is 8.01. The molecular weight excluding hydrogens is 449 g/mol. The predicted molar refractivity (Wildman–Crippen MR) is 150 cm³/mol. The van der Waals surface area contributed by atoms with Gasteiger partial charge in [-0.05, 0) is 49.1 Å². The van der Waals surface area contributed by atoms with Crippen LogP contribution in [0.25, 0.3) is 0 Å². The minimum atomic E-state index is -2.15. The molecule has 0 rings (SSSR count). The Morgan fingerprint density at radius 1 is 0.875 bits per heavy atom. The monoisotopic (exact) mass is 502 g/mol. The summed E-state index contributed by atoms with van der Waals surface area (Å²) in [5, 5.41) is 0.302. The number of hydrogen-bond donors (Lipinski definition) is 0. The molecule has 0 aromatic rings. The minimum Gasteiger partial charge on any atom is -0.519 e. The Balaban J connectivity index is 5.63. The summed E-state index contributed by atoms with van der Waals surface area (Å²) in [7, 11) is -3.92. The Hall–Kier alpha value is -0.0462. The molecule has 0 amide bonds. The van der Waals surface area contributed by atoms with Crippen molar-refractivity contribution in [1.82, 2.24) is 0 Å². The second kappa shape index (κ2) is 11.1. The Morgan fingerprint density at radius 2 is 1.31 bits per heavy atom. The Kier molecular flexibility index (Phi) is 11.1. The second-order valence-corrected chi connectivity index (χ2v) is 25.1. The van der Waals surface area contributed by atoms with Crippen molar-refractivity contribution in [2.75, 3.05) is 6.61 Å². The first kappa shape index (κ1) is 32.0. The van der Waals surface area contributed by atoms with Gasteiger partial charge in [0.2, 0.25) is 0 Å². The third-order valence-electron chi connectivity index (χ3n) is 6.98. The summed E-state index contributed by atoms with van der Waals surface area (Å²) >= 11 is 1.86. The smallest absolute Gasteiger partial charge is 0.296 e. The van der Waals surface area contributed by atoms with Gasteiger partial charge in [-0.1, -0.05) is 87.8 Å². The van der Waals surface area contributed by atoms with Gasteiger partial charge in [-0.25, -0.2) is 0 Å². The van der Waals surface area contributed by atoms with E-state index in [0.717, 1.165) is 6.61 Å². The summed E-state index contributed by atoms with van der Waals surface area (Å²) in [4.78, 5) is 13.2. The summed E-state index contributed by atoms with van der Waals surface area (Å²) in [6.45, 7) is 36.0. The molecule has 0 saturated heterocycles. The third kappa shape index (κ3) is 10.1. The average Bonchev–Trinajstić information content (AvgIpc) is 2.54. The number of carbonyl (C=O) groups excluding carboxylic acids is 1. The van der Waals surface area contributed by atoms with Gasteiger partial charge in [-0.3, -0.25) is 4.79 Å². The molecular formula is C26H54O3SSi2. The van der Waals surface area contributed by atoms with E-state index in [9.17, 15) is 4.79 Å². The molecule has 0 N–H and O–H groups in total. The average molecular weight is 503 g/mol. The Morgan fingerprint density at radius 3 is 1.69 bits per heavy atom. The maximum atomic E-state index is 13.2. The van der Waals surface area contributed by atoms with Gasteiger partial charge in [-0.2, -0.15) is 0 Å². The van der Waals surface area contributed by atoms with Crippen LogP contribution >= 0.6 is 11.8 Å². The molecule has 0 spiro atoms. The summed E-state index contributed by atoms with van der Waals surface area (Å²) in [5.41, 5.74) is 1.25. The van der Waals surface area contributed by atoms with Gasteiger partial charge in [-0.15, -0.1) is 11.8 Å². The zero-order valence-corrected chi connectivity index (χ0v) is 27.0. The fourth-order valence-corrected chi connectivity index (χ4v) is 6.19. The fraction of sp³-hybridized carbons (Fsp3) is 0.885. The lowest BCUT2D eigenvalue weighted by molar-refractivity contribution is -0.139. The van der Waals surface area contributed by atoms with Crippen LogP contribution in [0.15, 0.2) is 11.6 Å². The van der Waals surface area contributed by atoms with E-state index in [2.05, 4.69) is 108 Å². The molecule has 6 heteroatoms. The van der Waals surface area contributed by atoms with E-state index in [-0.39, 0.29) is 32.0 Å². The molecule has 0 fully saturated rings. The predicted octanol–water partition coefficient (Wildman–Crippen LogP) is 8.68. The van der Waals surface area contributed by atoms with E-state index in [1.165, 1.54) is 5.57 Å². The lowest BCUT2D eigenvalue weighted by atomic mass is 9.98. The van der Waals surface area contributed by atoms with Crippen LogP contribution in [0.5, 0.6) is 0 Å². The minimum absolute atomic E-state index is 0.00945. The number of thioether (sulfide) groups is 1. The van der Waals surface area contributed by atoms with Crippen molar-refractivity contribution < 1.29 is 13.6 Å². The van der Waals surface area contributed by atoms with Crippen molar-refractivity contribution in [3.8, 4) is 0 Å². The van der Waals surface area contributed by atoms with Crippen LogP contribution in [0.2, 0.25) is 36.3 Å². The van der Waals surface area contributed by atoms with E-state index < -0.39 is 16.6 Å². The molecule has 0 saturated carbocycles. The molecule has 3 nitrogen and oxygen atoms in total. The molecule has 190 valence electrons. The zero-order valence-electron chi connectivity index (χ0n) is 24.1. The molecule has 0 aliphatic carbocycles. The van der Waals surface area contributed by atoms with E-state index in [4.69, 9.17) is 8.85 Å². The van der Waals surface area contributed by atoms with Gasteiger partial charge < -0.3 is 8.85 Å². The lowest BCUT2D eigenvalue weighted by Gasteiger charge is -2.38. The molecule has 0 unspecified atom stereocenters. The van der Waals surface area contributed by atoms with Crippen LogP contribution in [0.3, 0.4) is 0 Å². The third-order valence-corrected chi connectivity index (χ3v) is 17.5. The highest BCUT2D eigenvalue weighted by Crippen LogP contribution is 2.41. The van der Waals surface area contributed by atoms with Crippen molar-refractivity contribution in [1.29, 1.82) is 0 Å². The molecule has 0 bridgehead atoms. The maximum absolute atomic E-state index is 13.2. The van der Waals surface area contributed by atoms with Crippen molar-refractivity contribution >= 4 is 34.4 Å². The van der Waals surface area contributed by atoms with E-state index >= 15 is 0 Å². The number of rotatable bonds is 9. The van der Waals surface area contributed by atoms with Crippen molar-refractivity contribution in [2.24, 2.45) is 11.8 Å². The Labute approximate surface area is 207 Å². The highest BCUT2D eigenvalue weighted by atomic mass is 32.2. The van der Waals surface area contributed by atoms with Crippen LogP contribution in [0.1, 0.15) is 83.1 Å². The van der Waals surface area contributed by atoms with E-state index in [0.29, 0.717) is 5.92 Å². The van der Waals surface area contributed by atoms with Crippen LogP contribution in [0, 0.1) is 11.8 Å². The van der Waals surface area contributed by atoms with Crippen molar-refractivity contribution in [2.45, 2.75) is 129 Å². The summed E-state index contributed by atoms with van der Waals surface area (Å²) in [6, 6.07) is 0. The SMILES string of the molecule is C/C(=C\[C@H](C)CO[Si](C)(C)C(C)(C)C)[C@@H](SC(C)(C)C)[C@@H](C)C(=O)O[Si](C)(C)C(C)(C)C. The van der Waals surface area contributed by atoms with Crippen LogP contribution in [-0.4, -0.2) is 39.2 Å². The lowest BCUT2D eigenvalue weighted by Crippen LogP contribution is -2.45. The van der Waals surface area contributed by atoms with Gasteiger partial charge in [0.15, 0.2) is 8.32 Å². The summed E-state index contributed by atoms with van der Waals surface area (Å²) in [5.74, 6) is 0.0465. The molecule has 32 heavy (non-hydrogen) atoms. The number of carbonyl (C=O) groups is 1. The molecule has 0 aliphatic rings. The maximum Gasteiger partial charge on any atom is 0.296 e. The van der Waals surface area contributed by atoms with Gasteiger partial charge >= 0.3 is 0 Å². The fourth-order valence-electron chi connectivity index (χ4n) is 2.74. The van der Waals surface area contributed by atoms with Gasteiger partial charge in [0.05, 0.1) is 5.92 Å². The molecule has 3 atom stereocenters. The van der Waals surface area contributed by atoms with Crippen LogP contribution < -0.4 is 0 Å². The van der Waals surface area contributed by atoms with Gasteiger partial charge in [0, 0.05) is 16.6 Å². The molecule has 0 aliphatic heterocycles. The quantitative estimate of drug-likeness (QED) is 0.233. The summed E-state index contributed by atoms with van der Waals surface area (Å²) < 4.78 is 12.7. The Bertz CT molecular complexity index is 649. The summed E-state index contributed by atoms with van der Waals surface area (Å²) in [6.07, 6.45) is 2.31. The van der Waals surface area contributed by atoms with E-state index in [1.54, 1.807) is 0 Å². The van der Waals surface area contributed by atoms with E-state index in [1.807, 2.05) is 18.7 Å². The van der Waals surface area contributed by atoms with Gasteiger partial charge in [0.1, 0.15) is 0 Å². The molecule has 0 radical (unpaired) electrons. The second-order valence-electron chi connectivity index (χ2n) is 13.6.